The summed E-state index contributed by atoms with van der Waals surface area (Å²) in [6.45, 7) is 0.701. The summed E-state index contributed by atoms with van der Waals surface area (Å²) >= 11 is 0. The SMILES string of the molecule is COCCNC(=O)C(c1ccccc1)N(C)S(C)(=O)=O. The molecule has 0 aromatic heterocycles. The van der Waals surface area contributed by atoms with E-state index in [1.54, 1.807) is 24.3 Å². The van der Waals surface area contributed by atoms with Crippen LogP contribution >= 0.6 is 0 Å². The van der Waals surface area contributed by atoms with Gasteiger partial charge in [-0.3, -0.25) is 4.79 Å². The molecule has 6 nitrogen and oxygen atoms in total. The molecule has 0 fully saturated rings. The summed E-state index contributed by atoms with van der Waals surface area (Å²) in [4.78, 5) is 12.2. The van der Waals surface area contributed by atoms with Gasteiger partial charge in [0.25, 0.3) is 0 Å². The molecule has 0 bridgehead atoms. The number of hydrogen-bond acceptors (Lipinski definition) is 4. The summed E-state index contributed by atoms with van der Waals surface area (Å²) in [5.74, 6) is -0.374. The van der Waals surface area contributed by atoms with Crippen LogP contribution in [-0.2, 0) is 19.6 Å². The van der Waals surface area contributed by atoms with E-state index in [0.29, 0.717) is 18.7 Å². The van der Waals surface area contributed by atoms with E-state index >= 15 is 0 Å². The molecule has 0 spiro atoms. The largest absolute Gasteiger partial charge is 0.383 e. The van der Waals surface area contributed by atoms with Crippen molar-refractivity contribution >= 4 is 15.9 Å². The van der Waals surface area contributed by atoms with Crippen molar-refractivity contribution in [1.29, 1.82) is 0 Å². The van der Waals surface area contributed by atoms with Crippen LogP contribution in [0.1, 0.15) is 11.6 Å². The number of likely N-dealkylation sites (N-methyl/N-ethyl adjacent to an activating group) is 1. The van der Waals surface area contributed by atoms with Crippen molar-refractivity contribution in [1.82, 2.24) is 9.62 Å². The van der Waals surface area contributed by atoms with Crippen molar-refractivity contribution in [3.05, 3.63) is 35.9 Å². The molecule has 1 unspecified atom stereocenters. The van der Waals surface area contributed by atoms with Crippen LogP contribution in [0, 0.1) is 0 Å². The summed E-state index contributed by atoms with van der Waals surface area (Å²) in [5.41, 5.74) is 0.621. The molecule has 112 valence electrons. The average Bonchev–Trinajstić information content (AvgIpc) is 2.39. The maximum absolute atomic E-state index is 12.2. The average molecular weight is 300 g/mol. The topological polar surface area (TPSA) is 75.7 Å². The van der Waals surface area contributed by atoms with E-state index in [9.17, 15) is 13.2 Å². The van der Waals surface area contributed by atoms with Gasteiger partial charge in [0.05, 0.1) is 12.9 Å². The van der Waals surface area contributed by atoms with E-state index in [1.165, 1.54) is 14.2 Å². The molecule has 7 heteroatoms. The molecule has 0 aliphatic heterocycles. The van der Waals surface area contributed by atoms with Gasteiger partial charge in [-0.15, -0.1) is 0 Å². The lowest BCUT2D eigenvalue weighted by atomic mass is 10.1. The van der Waals surface area contributed by atoms with Gasteiger partial charge in [-0.25, -0.2) is 8.42 Å². The Bertz CT molecular complexity index is 531. The van der Waals surface area contributed by atoms with Gasteiger partial charge in [-0.2, -0.15) is 4.31 Å². The number of ether oxygens (including phenoxy) is 1. The van der Waals surface area contributed by atoms with Crippen LogP contribution in [0.3, 0.4) is 0 Å². The molecule has 0 aliphatic rings. The lowest BCUT2D eigenvalue weighted by molar-refractivity contribution is -0.125. The van der Waals surface area contributed by atoms with Gasteiger partial charge in [0, 0.05) is 20.7 Å². The lowest BCUT2D eigenvalue weighted by Gasteiger charge is -2.25. The van der Waals surface area contributed by atoms with Gasteiger partial charge in [0.1, 0.15) is 6.04 Å². The highest BCUT2D eigenvalue weighted by molar-refractivity contribution is 7.88. The Morgan fingerprint density at radius 1 is 1.35 bits per heavy atom. The molecule has 1 amide bonds. The fourth-order valence-electron chi connectivity index (χ4n) is 1.73. The Morgan fingerprint density at radius 3 is 2.45 bits per heavy atom. The molecular formula is C13H20N2O4S. The highest BCUT2D eigenvalue weighted by Crippen LogP contribution is 2.21. The molecule has 0 saturated heterocycles. The third-order valence-electron chi connectivity index (χ3n) is 2.86. The predicted molar refractivity (Wildman–Crippen MR) is 76.7 cm³/mol. The first kappa shape index (κ1) is 16.6. The number of hydrogen-bond donors (Lipinski definition) is 1. The minimum absolute atomic E-state index is 0.330. The van der Waals surface area contributed by atoms with Crippen LogP contribution in [0.5, 0.6) is 0 Å². The van der Waals surface area contributed by atoms with Crippen molar-refractivity contribution < 1.29 is 17.9 Å². The zero-order valence-corrected chi connectivity index (χ0v) is 12.7. The monoisotopic (exact) mass is 300 g/mol. The summed E-state index contributed by atoms with van der Waals surface area (Å²) in [5, 5.41) is 2.67. The van der Waals surface area contributed by atoms with Crippen molar-refractivity contribution in [2.45, 2.75) is 6.04 Å². The van der Waals surface area contributed by atoms with E-state index in [1.807, 2.05) is 6.07 Å². The molecule has 1 rings (SSSR count). The number of benzene rings is 1. The van der Waals surface area contributed by atoms with Crippen LogP contribution in [0.25, 0.3) is 0 Å². The van der Waals surface area contributed by atoms with Gasteiger partial charge in [-0.05, 0) is 5.56 Å². The van der Waals surface area contributed by atoms with Crippen LogP contribution in [0.2, 0.25) is 0 Å². The Morgan fingerprint density at radius 2 is 1.95 bits per heavy atom. The molecule has 1 atom stereocenters. The quantitative estimate of drug-likeness (QED) is 0.739. The summed E-state index contributed by atoms with van der Waals surface area (Å²) in [6.07, 6.45) is 1.07. The summed E-state index contributed by atoms with van der Waals surface area (Å²) < 4.78 is 29.3. The lowest BCUT2D eigenvalue weighted by Crippen LogP contribution is -2.42. The summed E-state index contributed by atoms with van der Waals surface area (Å²) in [6, 6.07) is 7.90. The second kappa shape index (κ2) is 7.37. The Hall–Kier alpha value is -1.44. The van der Waals surface area contributed by atoms with Crippen molar-refractivity contribution in [3.63, 3.8) is 0 Å². The predicted octanol–water partition coefficient (Wildman–Crippen LogP) is 0.382. The highest BCUT2D eigenvalue weighted by Gasteiger charge is 2.30. The second-order valence-corrected chi connectivity index (χ2v) is 6.42. The van der Waals surface area contributed by atoms with Crippen molar-refractivity contribution in [2.75, 3.05) is 33.6 Å². The normalized spacial score (nSPS) is 13.2. The third-order valence-corrected chi connectivity index (χ3v) is 4.11. The van der Waals surface area contributed by atoms with E-state index in [-0.39, 0.29) is 5.91 Å². The number of carbonyl (C=O) groups is 1. The van der Waals surface area contributed by atoms with Gasteiger partial charge in [-0.1, -0.05) is 30.3 Å². The highest BCUT2D eigenvalue weighted by atomic mass is 32.2. The number of nitrogens with one attached hydrogen (secondary N) is 1. The number of nitrogens with zero attached hydrogens (tertiary/aromatic N) is 1. The molecule has 0 radical (unpaired) electrons. The fourth-order valence-corrected chi connectivity index (χ4v) is 2.33. The first-order valence-corrected chi connectivity index (χ1v) is 7.97. The van der Waals surface area contributed by atoms with E-state index in [0.717, 1.165) is 10.6 Å². The first-order chi connectivity index (χ1) is 9.38. The molecule has 1 aromatic carbocycles. The van der Waals surface area contributed by atoms with Crippen LogP contribution < -0.4 is 5.32 Å². The number of rotatable bonds is 7. The molecule has 1 N–H and O–H groups in total. The Balaban J connectivity index is 2.99. The number of carbonyl (C=O) groups excluding carboxylic acids is 1. The molecular weight excluding hydrogens is 280 g/mol. The molecule has 1 aromatic rings. The zero-order chi connectivity index (χ0) is 15.2. The second-order valence-electron chi connectivity index (χ2n) is 4.38. The first-order valence-electron chi connectivity index (χ1n) is 6.12. The van der Waals surface area contributed by atoms with Crippen LogP contribution in [0.4, 0.5) is 0 Å². The van der Waals surface area contributed by atoms with Gasteiger partial charge in [0.15, 0.2) is 0 Å². The third kappa shape index (κ3) is 4.59. The minimum Gasteiger partial charge on any atom is -0.383 e. The van der Waals surface area contributed by atoms with Gasteiger partial charge < -0.3 is 10.1 Å². The molecule has 0 aliphatic carbocycles. The van der Waals surface area contributed by atoms with E-state index in [2.05, 4.69) is 5.32 Å². The molecule has 20 heavy (non-hydrogen) atoms. The molecule has 0 saturated carbocycles. The maximum Gasteiger partial charge on any atom is 0.243 e. The van der Waals surface area contributed by atoms with Crippen molar-refractivity contribution in [2.24, 2.45) is 0 Å². The zero-order valence-electron chi connectivity index (χ0n) is 11.9. The fraction of sp³-hybridized carbons (Fsp3) is 0.462. The standard InChI is InChI=1S/C13H20N2O4S/c1-15(20(3,17)18)12(11-7-5-4-6-8-11)13(16)14-9-10-19-2/h4-8,12H,9-10H2,1-3H3,(H,14,16). The number of amides is 1. The van der Waals surface area contributed by atoms with Gasteiger partial charge >= 0.3 is 0 Å². The van der Waals surface area contributed by atoms with Crippen molar-refractivity contribution in [3.8, 4) is 0 Å². The Kier molecular flexibility index (Phi) is 6.12. The maximum atomic E-state index is 12.2. The van der Waals surface area contributed by atoms with E-state index < -0.39 is 16.1 Å². The number of sulfonamides is 1. The summed E-state index contributed by atoms with van der Waals surface area (Å²) in [7, 11) is -0.562. The smallest absolute Gasteiger partial charge is 0.243 e. The van der Waals surface area contributed by atoms with Crippen LogP contribution in [-0.4, -0.2) is 52.2 Å². The van der Waals surface area contributed by atoms with E-state index in [4.69, 9.17) is 4.74 Å². The molecule has 0 heterocycles. The number of methoxy groups -OCH3 is 1. The van der Waals surface area contributed by atoms with Gasteiger partial charge in [0.2, 0.25) is 15.9 Å². The van der Waals surface area contributed by atoms with Crippen LogP contribution in [0.15, 0.2) is 30.3 Å². The Labute approximate surface area is 119 Å². The minimum atomic E-state index is -3.48.